The molecule has 226 valence electrons. The summed E-state index contributed by atoms with van der Waals surface area (Å²) in [6.45, 7) is 12.2. The summed E-state index contributed by atoms with van der Waals surface area (Å²) >= 11 is 0. The summed E-state index contributed by atoms with van der Waals surface area (Å²) < 4.78 is 31.9. The molecule has 2 amide bonds. The van der Waals surface area contributed by atoms with Gasteiger partial charge in [0.25, 0.3) is 5.91 Å². The molecule has 5 rings (SSSR count). The summed E-state index contributed by atoms with van der Waals surface area (Å²) in [7, 11) is 0. The van der Waals surface area contributed by atoms with Gasteiger partial charge in [-0.2, -0.15) is 0 Å². The van der Waals surface area contributed by atoms with Gasteiger partial charge in [0, 0.05) is 31.2 Å². The molecule has 43 heavy (non-hydrogen) atoms. The summed E-state index contributed by atoms with van der Waals surface area (Å²) in [5.74, 6) is -0.773. The van der Waals surface area contributed by atoms with Crippen molar-refractivity contribution >= 4 is 34.8 Å². The van der Waals surface area contributed by atoms with E-state index in [0.717, 1.165) is 6.20 Å². The first-order valence-electron chi connectivity index (χ1n) is 14.0. The lowest BCUT2D eigenvalue weighted by Gasteiger charge is -2.45. The largest absolute Gasteiger partial charge is 0.465 e. The summed E-state index contributed by atoms with van der Waals surface area (Å²) in [5.41, 5.74) is 0.609. The number of pyridine rings is 1. The lowest BCUT2D eigenvalue weighted by Crippen LogP contribution is -2.60. The molecule has 13 heteroatoms. The van der Waals surface area contributed by atoms with E-state index in [1.807, 2.05) is 39.2 Å². The third kappa shape index (κ3) is 5.84. The number of anilines is 2. The van der Waals surface area contributed by atoms with Crippen LogP contribution >= 0.6 is 0 Å². The van der Waals surface area contributed by atoms with E-state index in [9.17, 15) is 19.1 Å². The zero-order valence-corrected chi connectivity index (χ0v) is 24.9. The number of hydrogen-bond donors (Lipinski definition) is 2. The van der Waals surface area contributed by atoms with Crippen LogP contribution in [0.5, 0.6) is 0 Å². The van der Waals surface area contributed by atoms with Crippen LogP contribution in [0.3, 0.4) is 0 Å². The van der Waals surface area contributed by atoms with Crippen LogP contribution in [-0.2, 0) is 0 Å². The molecule has 1 atom stereocenters. The molecule has 1 saturated heterocycles. The highest BCUT2D eigenvalue weighted by Gasteiger charge is 2.39. The monoisotopic (exact) mass is 592 g/mol. The summed E-state index contributed by atoms with van der Waals surface area (Å²) in [5, 5.41) is 12.6. The van der Waals surface area contributed by atoms with Crippen LogP contribution in [0.25, 0.3) is 22.3 Å². The zero-order valence-electron chi connectivity index (χ0n) is 24.9. The van der Waals surface area contributed by atoms with Gasteiger partial charge in [-0.25, -0.2) is 33.5 Å². The molecule has 0 bridgehead atoms. The number of hydrogen-bond acceptors (Lipinski definition) is 7. The molecule has 0 aliphatic carbocycles. The molecular weight excluding hydrogens is 558 g/mol. The van der Waals surface area contributed by atoms with Gasteiger partial charge in [-0.1, -0.05) is 26.8 Å². The Kier molecular flexibility index (Phi) is 7.76. The van der Waals surface area contributed by atoms with E-state index < -0.39 is 17.7 Å². The topological polar surface area (TPSA) is 129 Å². The van der Waals surface area contributed by atoms with E-state index >= 15 is 4.39 Å². The van der Waals surface area contributed by atoms with Crippen LogP contribution in [0.1, 0.15) is 57.0 Å². The smallest absolute Gasteiger partial charge is 0.407 e. The van der Waals surface area contributed by atoms with E-state index in [0.29, 0.717) is 11.3 Å². The molecule has 4 heterocycles. The number of rotatable bonds is 5. The van der Waals surface area contributed by atoms with Gasteiger partial charge in [0.15, 0.2) is 11.6 Å². The van der Waals surface area contributed by atoms with Crippen LogP contribution in [0.4, 0.5) is 25.3 Å². The van der Waals surface area contributed by atoms with Crippen molar-refractivity contribution in [1.29, 1.82) is 0 Å². The lowest BCUT2D eigenvalue weighted by molar-refractivity contribution is 0.0195. The number of halogens is 2. The minimum atomic E-state index is -1.02. The highest BCUT2D eigenvalue weighted by molar-refractivity contribution is 5.93. The maximum atomic E-state index is 15.1. The van der Waals surface area contributed by atoms with E-state index in [-0.39, 0.29) is 77.3 Å². The fourth-order valence-electron chi connectivity index (χ4n) is 5.52. The third-order valence-corrected chi connectivity index (χ3v) is 7.58. The number of fused-ring (bicyclic) bond motifs is 1. The summed E-state index contributed by atoms with van der Waals surface area (Å²) in [4.78, 5) is 45.2. The molecule has 4 aromatic rings. The Balaban J connectivity index is 1.40. The molecule has 2 N–H and O–H groups in total. The van der Waals surface area contributed by atoms with Crippen LogP contribution in [0.15, 0.2) is 36.5 Å². The first-order valence-corrected chi connectivity index (χ1v) is 14.0. The van der Waals surface area contributed by atoms with Crippen molar-refractivity contribution in [3.8, 4) is 11.3 Å². The SMILES string of the molecule is Cc1nc2c(F)cc(-c3nc(Nc4cccc(C(=O)N5CCN(C(=O)O)C(C(C)(C)C)C5)n4)ncc3F)cc2n1C(C)C. The van der Waals surface area contributed by atoms with Gasteiger partial charge < -0.3 is 24.8 Å². The number of aromatic nitrogens is 5. The number of benzene rings is 1. The summed E-state index contributed by atoms with van der Waals surface area (Å²) in [6, 6.07) is 7.29. The Morgan fingerprint density at radius 2 is 1.81 bits per heavy atom. The molecule has 1 aliphatic heterocycles. The van der Waals surface area contributed by atoms with Gasteiger partial charge in [0.2, 0.25) is 5.95 Å². The van der Waals surface area contributed by atoms with Gasteiger partial charge in [0.1, 0.15) is 28.5 Å². The van der Waals surface area contributed by atoms with E-state index in [1.54, 1.807) is 36.1 Å². The molecule has 1 aliphatic rings. The van der Waals surface area contributed by atoms with Crippen LogP contribution in [-0.4, -0.2) is 77.1 Å². The van der Waals surface area contributed by atoms with Crippen molar-refractivity contribution < 1.29 is 23.5 Å². The van der Waals surface area contributed by atoms with Crippen molar-refractivity contribution in [2.24, 2.45) is 5.41 Å². The van der Waals surface area contributed by atoms with Gasteiger partial charge in [0.05, 0.1) is 17.8 Å². The van der Waals surface area contributed by atoms with Crippen LogP contribution < -0.4 is 5.32 Å². The predicted molar refractivity (Wildman–Crippen MR) is 157 cm³/mol. The molecule has 0 spiro atoms. The Morgan fingerprint density at radius 1 is 1.07 bits per heavy atom. The average Bonchev–Trinajstić information content (AvgIpc) is 3.29. The molecule has 3 aromatic heterocycles. The Labute approximate surface area is 247 Å². The number of carbonyl (C=O) groups is 2. The molecule has 1 unspecified atom stereocenters. The van der Waals surface area contributed by atoms with Crippen molar-refractivity contribution in [3.63, 3.8) is 0 Å². The molecule has 1 aromatic carbocycles. The van der Waals surface area contributed by atoms with Gasteiger partial charge >= 0.3 is 6.09 Å². The predicted octanol–water partition coefficient (Wildman–Crippen LogP) is 5.65. The molecule has 11 nitrogen and oxygen atoms in total. The quantitative estimate of drug-likeness (QED) is 0.304. The number of amides is 2. The van der Waals surface area contributed by atoms with Crippen molar-refractivity contribution in [2.75, 3.05) is 25.0 Å². The number of nitrogens with one attached hydrogen (secondary N) is 1. The van der Waals surface area contributed by atoms with Crippen LogP contribution in [0, 0.1) is 24.0 Å². The number of carboxylic acid groups (broad SMARTS) is 1. The van der Waals surface area contributed by atoms with Gasteiger partial charge in [-0.3, -0.25) is 4.79 Å². The maximum Gasteiger partial charge on any atom is 0.407 e. The fraction of sp³-hybridized carbons (Fsp3) is 0.400. The third-order valence-electron chi connectivity index (χ3n) is 7.58. The standard InChI is InChI=1S/C30H34F2N8O3/c1-16(2)40-17(3)34-26-19(31)12-18(13-22(26)40)25-20(32)14-33-28(37-25)36-24-9-7-8-21(35-24)27(41)38-10-11-39(29(42)43)23(15-38)30(4,5)6/h7-9,12-14,16,23H,10-11,15H2,1-6H3,(H,42,43)(H,33,35,36,37). The second-order valence-corrected chi connectivity index (χ2v) is 12.0. The number of aryl methyl sites for hydroxylation is 1. The number of nitrogens with zero attached hydrogens (tertiary/aromatic N) is 7. The van der Waals surface area contributed by atoms with Gasteiger partial charge in [-0.15, -0.1) is 0 Å². The Bertz CT molecular complexity index is 1720. The molecule has 0 saturated carbocycles. The Hall–Kier alpha value is -4.68. The maximum absolute atomic E-state index is 15.1. The van der Waals surface area contributed by atoms with Crippen molar-refractivity contribution in [1.82, 2.24) is 34.3 Å². The van der Waals surface area contributed by atoms with E-state index in [1.165, 1.54) is 11.0 Å². The molecule has 0 radical (unpaired) electrons. The summed E-state index contributed by atoms with van der Waals surface area (Å²) in [6.07, 6.45) is -0.0280. The second kappa shape index (κ2) is 11.2. The van der Waals surface area contributed by atoms with E-state index in [4.69, 9.17) is 0 Å². The minimum Gasteiger partial charge on any atom is -0.465 e. The molecular formula is C30H34F2N8O3. The highest BCUT2D eigenvalue weighted by Crippen LogP contribution is 2.31. The minimum absolute atomic E-state index is 0.00502. The average molecular weight is 593 g/mol. The van der Waals surface area contributed by atoms with Crippen LogP contribution in [0.2, 0.25) is 0 Å². The normalized spacial score (nSPS) is 15.8. The Morgan fingerprint density at radius 3 is 2.49 bits per heavy atom. The van der Waals surface area contributed by atoms with Crippen molar-refractivity contribution in [2.45, 2.75) is 53.6 Å². The van der Waals surface area contributed by atoms with E-state index in [2.05, 4.69) is 25.3 Å². The number of carbonyl (C=O) groups excluding carboxylic acids is 1. The fourth-order valence-corrected chi connectivity index (χ4v) is 5.52. The molecule has 1 fully saturated rings. The lowest BCUT2D eigenvalue weighted by atomic mass is 9.84. The number of piperazine rings is 1. The highest BCUT2D eigenvalue weighted by atomic mass is 19.1. The van der Waals surface area contributed by atoms with Gasteiger partial charge in [-0.05, 0) is 50.5 Å². The first kappa shape index (κ1) is 29.8. The van der Waals surface area contributed by atoms with Crippen molar-refractivity contribution in [3.05, 3.63) is 59.7 Å². The first-order chi connectivity index (χ1) is 20.2. The number of imidazole rings is 1. The second-order valence-electron chi connectivity index (χ2n) is 12.0. The zero-order chi connectivity index (χ0) is 31.2.